The van der Waals surface area contributed by atoms with E-state index in [0.29, 0.717) is 12.2 Å². The van der Waals surface area contributed by atoms with Gasteiger partial charge in [0, 0.05) is 37.2 Å². The Morgan fingerprint density at radius 3 is 2.32 bits per heavy atom. The molecule has 0 radical (unpaired) electrons. The van der Waals surface area contributed by atoms with Crippen molar-refractivity contribution in [3.05, 3.63) is 71.7 Å². The molecule has 0 aliphatic carbocycles. The second-order valence-electron chi connectivity index (χ2n) is 7.88. The first kappa shape index (κ1) is 22.3. The molecule has 0 saturated carbocycles. The van der Waals surface area contributed by atoms with Crippen LogP contribution < -0.4 is 27.0 Å². The maximum Gasteiger partial charge on any atom is 0.253 e. The van der Waals surface area contributed by atoms with E-state index in [-0.39, 0.29) is 17.2 Å². The first-order chi connectivity index (χ1) is 14.8. The van der Waals surface area contributed by atoms with Crippen LogP contribution in [0.2, 0.25) is 0 Å². The Morgan fingerprint density at radius 1 is 1.16 bits per heavy atom. The molecule has 3 rings (SSSR count). The van der Waals surface area contributed by atoms with Crippen molar-refractivity contribution in [2.75, 3.05) is 29.9 Å². The number of nitrogens with one attached hydrogen (secondary N) is 3. The maximum absolute atomic E-state index is 13.1. The molecule has 1 fully saturated rings. The Hall–Kier alpha value is -3.39. The molecule has 0 spiro atoms. The number of amides is 1. The first-order valence-corrected chi connectivity index (χ1v) is 10.2. The third-order valence-electron chi connectivity index (χ3n) is 5.68. The van der Waals surface area contributed by atoms with E-state index >= 15 is 0 Å². The fourth-order valence-corrected chi connectivity index (χ4v) is 3.59. The van der Waals surface area contributed by atoms with Crippen LogP contribution in [-0.4, -0.2) is 36.9 Å². The quantitative estimate of drug-likeness (QED) is 0.266. The topological polar surface area (TPSA) is 120 Å². The molecule has 0 unspecified atom stereocenters. The van der Waals surface area contributed by atoms with Crippen LogP contribution in [0.5, 0.6) is 0 Å². The number of rotatable bonds is 7. The zero-order valence-corrected chi connectivity index (χ0v) is 17.6. The van der Waals surface area contributed by atoms with Gasteiger partial charge in [0.1, 0.15) is 11.7 Å². The Morgan fingerprint density at radius 2 is 1.77 bits per heavy atom. The van der Waals surface area contributed by atoms with Crippen molar-refractivity contribution < 1.29 is 9.18 Å². The number of piperidine rings is 1. The molecular weight excluding hydrogens is 395 g/mol. The van der Waals surface area contributed by atoms with Gasteiger partial charge < -0.3 is 27.0 Å². The average Bonchev–Trinajstić information content (AvgIpc) is 2.76. The number of aryl methyl sites for hydroxylation is 1. The van der Waals surface area contributed by atoms with Gasteiger partial charge in [-0.05, 0) is 56.2 Å². The minimum Gasteiger partial charge on any atom is -0.383 e. The third kappa shape index (κ3) is 5.61. The molecule has 1 aliphatic heterocycles. The van der Waals surface area contributed by atoms with E-state index in [0.717, 1.165) is 25.9 Å². The molecule has 7 nitrogen and oxygen atoms in total. The number of halogens is 1. The fourth-order valence-electron chi connectivity index (χ4n) is 3.59. The van der Waals surface area contributed by atoms with Crippen molar-refractivity contribution in [2.24, 2.45) is 11.5 Å². The average molecular weight is 425 g/mol. The molecule has 1 heterocycles. The zero-order chi connectivity index (χ0) is 22.4. The summed E-state index contributed by atoms with van der Waals surface area (Å²) >= 11 is 0. The van der Waals surface area contributed by atoms with Gasteiger partial charge in [-0.3, -0.25) is 10.2 Å². The predicted molar refractivity (Wildman–Crippen MR) is 123 cm³/mol. The number of nitrogens with two attached hydrogens (primary N) is 2. The highest BCUT2D eigenvalue weighted by atomic mass is 19.1. The SMILES string of the molecule is Cc1ccc(N2CCC(CN)(N/C=C(\C(=N)Nc3ccc(F)cc3)C(N)=O)CC2)cc1. The van der Waals surface area contributed by atoms with Crippen LogP contribution >= 0.6 is 0 Å². The molecule has 8 heteroatoms. The van der Waals surface area contributed by atoms with Crippen molar-refractivity contribution in [1.29, 1.82) is 5.41 Å². The number of hydrogen-bond acceptors (Lipinski definition) is 5. The summed E-state index contributed by atoms with van der Waals surface area (Å²) in [5, 5.41) is 14.3. The monoisotopic (exact) mass is 424 g/mol. The second-order valence-corrected chi connectivity index (χ2v) is 7.88. The normalized spacial score (nSPS) is 16.0. The van der Waals surface area contributed by atoms with Gasteiger partial charge in [0.2, 0.25) is 0 Å². The van der Waals surface area contributed by atoms with Crippen molar-refractivity contribution >= 4 is 23.1 Å². The molecule has 0 bridgehead atoms. The highest BCUT2D eigenvalue weighted by molar-refractivity contribution is 6.23. The van der Waals surface area contributed by atoms with Gasteiger partial charge in [-0.1, -0.05) is 17.7 Å². The summed E-state index contributed by atoms with van der Waals surface area (Å²) in [7, 11) is 0. The molecule has 0 atom stereocenters. The van der Waals surface area contributed by atoms with E-state index in [9.17, 15) is 9.18 Å². The minimum absolute atomic E-state index is 0.00175. The summed E-state index contributed by atoms with van der Waals surface area (Å²) in [4.78, 5) is 14.3. The second kappa shape index (κ2) is 9.61. The number of carbonyl (C=O) groups excluding carboxylic acids is 1. The number of anilines is 2. The van der Waals surface area contributed by atoms with Crippen LogP contribution in [0, 0.1) is 18.2 Å². The number of primary amides is 1. The molecule has 164 valence electrons. The van der Waals surface area contributed by atoms with E-state index in [1.807, 2.05) is 0 Å². The molecule has 1 saturated heterocycles. The van der Waals surface area contributed by atoms with E-state index < -0.39 is 11.4 Å². The van der Waals surface area contributed by atoms with Crippen LogP contribution in [-0.2, 0) is 4.79 Å². The molecule has 2 aromatic rings. The van der Waals surface area contributed by atoms with Crippen LogP contribution in [0.3, 0.4) is 0 Å². The van der Waals surface area contributed by atoms with Crippen molar-refractivity contribution in [2.45, 2.75) is 25.3 Å². The standard InChI is InChI=1S/C23H29FN6O/c1-16-2-8-19(9-3-16)30-12-10-23(15-25,11-13-30)28-14-20(22(27)31)21(26)29-18-6-4-17(24)5-7-18/h2-9,14,28H,10-13,15,25H2,1H3,(H2,26,29)(H2,27,31)/b20-14+. The number of benzene rings is 2. The molecule has 7 N–H and O–H groups in total. The highest BCUT2D eigenvalue weighted by Gasteiger charge is 2.33. The number of amidine groups is 1. The molecular formula is C23H29FN6O. The lowest BCUT2D eigenvalue weighted by Gasteiger charge is -2.42. The molecule has 31 heavy (non-hydrogen) atoms. The minimum atomic E-state index is -0.739. The Labute approximate surface area is 181 Å². The van der Waals surface area contributed by atoms with E-state index in [1.54, 1.807) is 0 Å². The van der Waals surface area contributed by atoms with Gasteiger partial charge >= 0.3 is 0 Å². The number of nitrogens with zero attached hydrogens (tertiary/aromatic N) is 1. The van der Waals surface area contributed by atoms with Crippen LogP contribution in [0.25, 0.3) is 0 Å². The first-order valence-electron chi connectivity index (χ1n) is 10.2. The number of hydrogen-bond donors (Lipinski definition) is 5. The zero-order valence-electron chi connectivity index (χ0n) is 17.6. The Bertz CT molecular complexity index is 947. The van der Waals surface area contributed by atoms with E-state index in [4.69, 9.17) is 16.9 Å². The molecule has 2 aromatic carbocycles. The summed E-state index contributed by atoms with van der Waals surface area (Å²) in [5.74, 6) is -1.29. The molecule has 1 aliphatic rings. The van der Waals surface area contributed by atoms with Gasteiger partial charge in [-0.15, -0.1) is 0 Å². The van der Waals surface area contributed by atoms with Crippen LogP contribution in [0.15, 0.2) is 60.3 Å². The van der Waals surface area contributed by atoms with Gasteiger partial charge in [-0.25, -0.2) is 4.39 Å². The number of carbonyl (C=O) groups is 1. The van der Waals surface area contributed by atoms with Crippen molar-refractivity contribution in [1.82, 2.24) is 5.32 Å². The van der Waals surface area contributed by atoms with Crippen molar-refractivity contribution in [3.63, 3.8) is 0 Å². The van der Waals surface area contributed by atoms with Gasteiger partial charge in [-0.2, -0.15) is 0 Å². The summed E-state index contributed by atoms with van der Waals surface area (Å²) in [6.07, 6.45) is 3.02. The third-order valence-corrected chi connectivity index (χ3v) is 5.68. The summed E-state index contributed by atoms with van der Waals surface area (Å²) in [6.45, 7) is 4.08. The lowest BCUT2D eigenvalue weighted by Crippen LogP contribution is -2.56. The smallest absolute Gasteiger partial charge is 0.253 e. The van der Waals surface area contributed by atoms with E-state index in [1.165, 1.54) is 41.7 Å². The van der Waals surface area contributed by atoms with Gasteiger partial charge in [0.05, 0.1) is 11.1 Å². The molecule has 1 amide bonds. The molecule has 0 aromatic heterocycles. The largest absolute Gasteiger partial charge is 0.383 e. The van der Waals surface area contributed by atoms with Crippen molar-refractivity contribution in [3.8, 4) is 0 Å². The van der Waals surface area contributed by atoms with Gasteiger partial charge in [0.15, 0.2) is 0 Å². The maximum atomic E-state index is 13.1. The van der Waals surface area contributed by atoms with Crippen LogP contribution in [0.1, 0.15) is 18.4 Å². The Balaban J connectivity index is 1.67. The highest BCUT2D eigenvalue weighted by Crippen LogP contribution is 2.26. The lowest BCUT2D eigenvalue weighted by molar-refractivity contribution is -0.114. The Kier molecular flexibility index (Phi) is 6.91. The van der Waals surface area contributed by atoms with Gasteiger partial charge in [0.25, 0.3) is 5.91 Å². The summed E-state index contributed by atoms with van der Waals surface area (Å²) in [5.41, 5.74) is 14.1. The lowest BCUT2D eigenvalue weighted by atomic mass is 9.87. The van der Waals surface area contributed by atoms with E-state index in [2.05, 4.69) is 46.7 Å². The van der Waals surface area contributed by atoms with Crippen LogP contribution in [0.4, 0.5) is 15.8 Å². The summed E-state index contributed by atoms with van der Waals surface area (Å²) < 4.78 is 13.1. The predicted octanol–water partition coefficient (Wildman–Crippen LogP) is 2.48. The fraction of sp³-hybridized carbons (Fsp3) is 0.304. The summed E-state index contributed by atoms with van der Waals surface area (Å²) in [6, 6.07) is 13.9.